The molecule has 2 aromatic carbocycles. The summed E-state index contributed by atoms with van der Waals surface area (Å²) in [4.78, 5) is 31.2. The van der Waals surface area contributed by atoms with Gasteiger partial charge < -0.3 is 14.5 Å². The highest BCUT2D eigenvalue weighted by molar-refractivity contribution is 8.14. The first-order chi connectivity index (χ1) is 16.3. The molecule has 34 heavy (non-hydrogen) atoms. The molecule has 2 amide bonds. The molecule has 0 saturated carbocycles. The maximum atomic E-state index is 13.0. The molecule has 0 aliphatic carbocycles. The van der Waals surface area contributed by atoms with Crippen molar-refractivity contribution in [1.29, 1.82) is 0 Å². The van der Waals surface area contributed by atoms with Crippen molar-refractivity contribution >= 4 is 46.2 Å². The fraction of sp³-hybridized carbons (Fsp3) is 0.0870. The standard InChI is InChI=1S/C23H16F3N3O4S/c24-23(25,26)33-17-10-8-15(9-11-17)27-20(30)14-34-22-28-19(13-18-7-4-12-32-18)21(31)29(22)16-5-2-1-3-6-16/h1-13H,14H2,(H,27,30)/b19-13+. The lowest BCUT2D eigenvalue weighted by Crippen LogP contribution is -2.31. The predicted molar refractivity (Wildman–Crippen MR) is 122 cm³/mol. The quantitative estimate of drug-likeness (QED) is 0.478. The SMILES string of the molecule is O=C(CSC1=N/C(=C/c2ccco2)C(=O)N1c1ccccc1)Nc1ccc(OC(F)(F)F)cc1. The fourth-order valence-electron chi connectivity index (χ4n) is 2.97. The maximum absolute atomic E-state index is 13.0. The van der Waals surface area contributed by atoms with Gasteiger partial charge in [-0.25, -0.2) is 4.99 Å². The molecule has 0 saturated heterocycles. The number of hydrogen-bond donors (Lipinski definition) is 1. The Kier molecular flexibility index (Phi) is 6.73. The molecule has 4 rings (SSSR count). The van der Waals surface area contributed by atoms with Crippen LogP contribution >= 0.6 is 11.8 Å². The van der Waals surface area contributed by atoms with E-state index >= 15 is 0 Å². The summed E-state index contributed by atoms with van der Waals surface area (Å²) in [5.74, 6) is -0.827. The van der Waals surface area contributed by atoms with Crippen LogP contribution in [0.15, 0.2) is 88.1 Å². The Morgan fingerprint density at radius 3 is 2.47 bits per heavy atom. The Hall–Kier alpha value is -3.99. The number of alkyl halides is 3. The van der Waals surface area contributed by atoms with E-state index in [2.05, 4.69) is 15.0 Å². The summed E-state index contributed by atoms with van der Waals surface area (Å²) >= 11 is 1.04. The number of aliphatic imine (C=N–C) groups is 1. The molecular weight excluding hydrogens is 471 g/mol. The number of ether oxygens (including phenoxy) is 1. The number of nitrogens with one attached hydrogen (secondary N) is 1. The van der Waals surface area contributed by atoms with E-state index in [1.807, 2.05) is 6.07 Å². The van der Waals surface area contributed by atoms with Crippen LogP contribution in [0.3, 0.4) is 0 Å². The monoisotopic (exact) mass is 487 g/mol. The fourth-order valence-corrected chi connectivity index (χ4v) is 3.79. The van der Waals surface area contributed by atoms with Crippen molar-refractivity contribution in [2.45, 2.75) is 6.36 Å². The van der Waals surface area contributed by atoms with Gasteiger partial charge in [0.25, 0.3) is 5.91 Å². The molecule has 0 atom stereocenters. The van der Waals surface area contributed by atoms with Gasteiger partial charge in [-0.3, -0.25) is 14.5 Å². The van der Waals surface area contributed by atoms with Crippen molar-refractivity contribution in [2.24, 2.45) is 4.99 Å². The first-order valence-corrected chi connectivity index (χ1v) is 10.8. The molecule has 174 valence electrons. The zero-order valence-electron chi connectivity index (χ0n) is 17.3. The van der Waals surface area contributed by atoms with Gasteiger partial charge in [-0.05, 0) is 48.5 Å². The molecule has 1 aliphatic heterocycles. The van der Waals surface area contributed by atoms with Gasteiger partial charge in [-0.15, -0.1) is 13.2 Å². The Labute approximate surface area is 195 Å². The molecule has 1 aromatic heterocycles. The summed E-state index contributed by atoms with van der Waals surface area (Å²) in [5.41, 5.74) is 1.03. The van der Waals surface area contributed by atoms with Crippen molar-refractivity contribution in [3.05, 3.63) is 84.5 Å². The van der Waals surface area contributed by atoms with Gasteiger partial charge in [0, 0.05) is 11.8 Å². The average molecular weight is 487 g/mol. The largest absolute Gasteiger partial charge is 0.573 e. The molecule has 0 spiro atoms. The second kappa shape index (κ2) is 9.87. The summed E-state index contributed by atoms with van der Waals surface area (Å²) < 4.78 is 45.9. The minimum absolute atomic E-state index is 0.0930. The van der Waals surface area contributed by atoms with E-state index in [0.29, 0.717) is 22.3 Å². The van der Waals surface area contributed by atoms with Crippen LogP contribution in [-0.2, 0) is 9.59 Å². The molecule has 0 radical (unpaired) electrons. The number of para-hydroxylation sites is 1. The molecule has 1 N–H and O–H groups in total. The number of halogens is 3. The number of nitrogens with zero attached hydrogens (tertiary/aromatic N) is 2. The molecule has 1 aliphatic rings. The third kappa shape index (κ3) is 5.87. The first-order valence-electron chi connectivity index (χ1n) is 9.80. The van der Waals surface area contributed by atoms with Crippen LogP contribution in [0.2, 0.25) is 0 Å². The summed E-state index contributed by atoms with van der Waals surface area (Å²) in [6.07, 6.45) is -1.81. The third-order valence-electron chi connectivity index (χ3n) is 4.37. The second-order valence-electron chi connectivity index (χ2n) is 6.82. The van der Waals surface area contributed by atoms with Crippen molar-refractivity contribution in [3.8, 4) is 5.75 Å². The number of thioether (sulfide) groups is 1. The van der Waals surface area contributed by atoms with Crippen LogP contribution in [0.4, 0.5) is 24.5 Å². The van der Waals surface area contributed by atoms with Gasteiger partial charge in [0.1, 0.15) is 17.2 Å². The van der Waals surface area contributed by atoms with Gasteiger partial charge in [0.05, 0.1) is 17.7 Å². The Bertz CT molecular complexity index is 1220. The van der Waals surface area contributed by atoms with Gasteiger partial charge >= 0.3 is 6.36 Å². The summed E-state index contributed by atoms with van der Waals surface area (Å²) in [6.45, 7) is 0. The molecule has 11 heteroatoms. The molecule has 0 bridgehead atoms. The minimum Gasteiger partial charge on any atom is -0.465 e. The van der Waals surface area contributed by atoms with E-state index in [1.54, 1.807) is 36.4 Å². The van der Waals surface area contributed by atoms with Gasteiger partial charge in [-0.2, -0.15) is 0 Å². The number of anilines is 2. The van der Waals surface area contributed by atoms with E-state index in [0.717, 1.165) is 23.9 Å². The lowest BCUT2D eigenvalue weighted by molar-refractivity contribution is -0.274. The third-order valence-corrected chi connectivity index (χ3v) is 5.31. The average Bonchev–Trinajstić information content (AvgIpc) is 3.41. The van der Waals surface area contributed by atoms with Crippen molar-refractivity contribution in [1.82, 2.24) is 0 Å². The zero-order valence-corrected chi connectivity index (χ0v) is 18.1. The number of rotatable bonds is 6. The maximum Gasteiger partial charge on any atom is 0.573 e. The molecule has 0 unspecified atom stereocenters. The van der Waals surface area contributed by atoms with E-state index in [4.69, 9.17) is 4.42 Å². The highest BCUT2D eigenvalue weighted by Crippen LogP contribution is 2.29. The number of hydrogen-bond acceptors (Lipinski definition) is 6. The highest BCUT2D eigenvalue weighted by Gasteiger charge is 2.33. The Morgan fingerprint density at radius 1 is 1.09 bits per heavy atom. The van der Waals surface area contributed by atoms with Crippen LogP contribution < -0.4 is 15.0 Å². The second-order valence-corrected chi connectivity index (χ2v) is 7.77. The minimum atomic E-state index is -4.80. The highest BCUT2D eigenvalue weighted by atomic mass is 32.2. The molecule has 2 heterocycles. The number of furan rings is 1. The summed E-state index contributed by atoms with van der Waals surface area (Å²) in [5, 5.41) is 2.89. The van der Waals surface area contributed by atoms with E-state index in [-0.39, 0.29) is 17.4 Å². The topological polar surface area (TPSA) is 84.1 Å². The summed E-state index contributed by atoms with van der Waals surface area (Å²) in [6, 6.07) is 17.0. The van der Waals surface area contributed by atoms with Crippen molar-refractivity contribution in [2.75, 3.05) is 16.0 Å². The number of amides is 2. The van der Waals surface area contributed by atoms with Gasteiger partial charge in [-0.1, -0.05) is 30.0 Å². The van der Waals surface area contributed by atoms with Crippen LogP contribution in [0, 0.1) is 0 Å². The number of carbonyl (C=O) groups excluding carboxylic acids is 2. The van der Waals surface area contributed by atoms with Crippen molar-refractivity contribution < 1.29 is 31.9 Å². The molecule has 7 nitrogen and oxygen atoms in total. The lowest BCUT2D eigenvalue weighted by atomic mass is 10.2. The number of carbonyl (C=O) groups is 2. The normalized spacial score (nSPS) is 14.9. The number of amidine groups is 1. The van der Waals surface area contributed by atoms with Gasteiger partial charge in [0.15, 0.2) is 5.17 Å². The van der Waals surface area contributed by atoms with Crippen LogP contribution in [0.25, 0.3) is 6.08 Å². The number of benzene rings is 2. The first kappa shape index (κ1) is 23.2. The van der Waals surface area contributed by atoms with Crippen LogP contribution in [-0.4, -0.2) is 29.1 Å². The van der Waals surface area contributed by atoms with Gasteiger partial charge in [0.2, 0.25) is 5.91 Å². The predicted octanol–water partition coefficient (Wildman–Crippen LogP) is 5.29. The smallest absolute Gasteiger partial charge is 0.465 e. The lowest BCUT2D eigenvalue weighted by Gasteiger charge is -2.17. The Balaban J connectivity index is 1.45. The molecule has 3 aromatic rings. The van der Waals surface area contributed by atoms with Crippen molar-refractivity contribution in [3.63, 3.8) is 0 Å². The van der Waals surface area contributed by atoms with E-state index in [1.165, 1.54) is 29.4 Å². The molecular formula is C23H16F3N3O4S. The van der Waals surface area contributed by atoms with Crippen LogP contribution in [0.5, 0.6) is 5.75 Å². The zero-order chi connectivity index (χ0) is 24.1. The van der Waals surface area contributed by atoms with Crippen LogP contribution in [0.1, 0.15) is 5.76 Å². The summed E-state index contributed by atoms with van der Waals surface area (Å²) in [7, 11) is 0. The van der Waals surface area contributed by atoms with E-state index in [9.17, 15) is 22.8 Å². The molecule has 0 fully saturated rings. The Morgan fingerprint density at radius 2 is 1.82 bits per heavy atom. The van der Waals surface area contributed by atoms with E-state index < -0.39 is 18.0 Å².